The largest absolute Gasteiger partial charge is 0.494 e. The Balaban J connectivity index is 0.000000370. The molecule has 136 valence electrons. The van der Waals surface area contributed by atoms with Gasteiger partial charge in [-0.3, -0.25) is 0 Å². The maximum absolute atomic E-state index is 11.9. The second kappa shape index (κ2) is 11.0. The fourth-order valence-electron chi connectivity index (χ4n) is 1.52. The standard InChI is InChI=1S/C12H13F3O3.C6H5I/c1-2-3-8-17-9-4-6-10(7-5-9)18-11(16)12(13,14)15;7-6-4-2-1-3-5-6/h4-7H,2-3,8H2,1H3;1-5H. The maximum Gasteiger partial charge on any atom is 0.491 e. The Hall–Kier alpha value is -1.77. The van der Waals surface area contributed by atoms with Gasteiger partial charge in [0.05, 0.1) is 6.61 Å². The zero-order chi connectivity index (χ0) is 18.7. The van der Waals surface area contributed by atoms with Crippen molar-refractivity contribution in [2.75, 3.05) is 6.61 Å². The van der Waals surface area contributed by atoms with Crippen molar-refractivity contribution >= 4 is 28.6 Å². The van der Waals surface area contributed by atoms with E-state index in [0.29, 0.717) is 12.4 Å². The van der Waals surface area contributed by atoms with Crippen LogP contribution in [0.5, 0.6) is 11.5 Å². The fraction of sp³-hybridized carbons (Fsp3) is 0.278. The van der Waals surface area contributed by atoms with E-state index in [1.165, 1.54) is 27.8 Å². The zero-order valence-electron chi connectivity index (χ0n) is 13.6. The average molecular weight is 466 g/mol. The lowest BCUT2D eigenvalue weighted by Crippen LogP contribution is -2.27. The molecule has 0 aliphatic carbocycles. The van der Waals surface area contributed by atoms with E-state index in [4.69, 9.17) is 4.74 Å². The first kappa shape index (κ1) is 21.3. The molecule has 2 rings (SSSR count). The van der Waals surface area contributed by atoms with Crippen LogP contribution in [0.1, 0.15) is 19.8 Å². The minimum atomic E-state index is -4.99. The number of esters is 1. The predicted octanol–water partition coefficient (Wildman–Crippen LogP) is 5.62. The molecule has 2 aromatic carbocycles. The number of hydrogen-bond donors (Lipinski definition) is 0. The lowest BCUT2D eigenvalue weighted by molar-refractivity contribution is -0.189. The summed E-state index contributed by atoms with van der Waals surface area (Å²) in [4.78, 5) is 10.6. The summed E-state index contributed by atoms with van der Waals surface area (Å²) in [5, 5.41) is 0. The maximum atomic E-state index is 11.9. The third-order valence-corrected chi connectivity index (χ3v) is 3.48. The number of carbonyl (C=O) groups is 1. The summed E-state index contributed by atoms with van der Waals surface area (Å²) >= 11 is 2.28. The summed E-state index contributed by atoms with van der Waals surface area (Å²) in [6.07, 6.45) is -3.11. The number of hydrogen-bond acceptors (Lipinski definition) is 3. The molecule has 0 aromatic heterocycles. The molecule has 2 aromatic rings. The van der Waals surface area contributed by atoms with Gasteiger partial charge in [-0.1, -0.05) is 31.5 Å². The molecular formula is C18H18F3IO3. The molecule has 3 nitrogen and oxygen atoms in total. The highest BCUT2D eigenvalue weighted by Crippen LogP contribution is 2.22. The molecule has 0 heterocycles. The van der Waals surface area contributed by atoms with Crippen LogP contribution in [0.3, 0.4) is 0 Å². The van der Waals surface area contributed by atoms with Gasteiger partial charge in [0.15, 0.2) is 0 Å². The van der Waals surface area contributed by atoms with E-state index in [0.717, 1.165) is 12.8 Å². The summed E-state index contributed by atoms with van der Waals surface area (Å²) in [6, 6.07) is 15.6. The van der Waals surface area contributed by atoms with Gasteiger partial charge in [0.1, 0.15) is 11.5 Å². The summed E-state index contributed by atoms with van der Waals surface area (Å²) in [7, 11) is 0. The minimum Gasteiger partial charge on any atom is -0.494 e. The molecule has 0 bridgehead atoms. The molecule has 0 aliphatic heterocycles. The Labute approximate surface area is 158 Å². The molecule has 0 saturated heterocycles. The number of carbonyl (C=O) groups excluding carboxylic acids is 1. The normalized spacial score (nSPS) is 10.4. The van der Waals surface area contributed by atoms with Crippen LogP contribution in [0, 0.1) is 3.57 Å². The van der Waals surface area contributed by atoms with Crippen LogP contribution in [0.25, 0.3) is 0 Å². The Kier molecular flexibility index (Phi) is 9.33. The smallest absolute Gasteiger partial charge is 0.491 e. The Morgan fingerprint density at radius 2 is 1.56 bits per heavy atom. The van der Waals surface area contributed by atoms with Crippen LogP contribution in [-0.2, 0) is 4.79 Å². The highest BCUT2D eigenvalue weighted by molar-refractivity contribution is 14.1. The van der Waals surface area contributed by atoms with Gasteiger partial charge in [0.2, 0.25) is 0 Å². The molecule has 0 fully saturated rings. The van der Waals surface area contributed by atoms with Crippen molar-refractivity contribution in [3.8, 4) is 11.5 Å². The third-order valence-electron chi connectivity index (χ3n) is 2.77. The Morgan fingerprint density at radius 3 is 2.00 bits per heavy atom. The van der Waals surface area contributed by atoms with Gasteiger partial charge in [-0.05, 0) is 65.4 Å². The number of benzene rings is 2. The molecule has 0 aliphatic rings. The predicted molar refractivity (Wildman–Crippen MR) is 97.7 cm³/mol. The van der Waals surface area contributed by atoms with Crippen molar-refractivity contribution in [1.29, 1.82) is 0 Å². The lowest BCUT2D eigenvalue weighted by atomic mass is 10.3. The first-order chi connectivity index (χ1) is 11.8. The highest BCUT2D eigenvalue weighted by atomic mass is 127. The molecule has 7 heteroatoms. The van der Waals surface area contributed by atoms with Crippen LogP contribution in [0.15, 0.2) is 54.6 Å². The molecule has 0 atom stereocenters. The fourth-order valence-corrected chi connectivity index (χ4v) is 1.93. The molecule has 0 saturated carbocycles. The van der Waals surface area contributed by atoms with Crippen molar-refractivity contribution in [3.63, 3.8) is 0 Å². The first-order valence-electron chi connectivity index (χ1n) is 7.55. The minimum absolute atomic E-state index is 0.167. The van der Waals surface area contributed by atoms with Crippen LogP contribution in [-0.4, -0.2) is 18.8 Å². The topological polar surface area (TPSA) is 35.5 Å². The Morgan fingerprint density at radius 1 is 1.00 bits per heavy atom. The quantitative estimate of drug-likeness (QED) is 0.248. The Bertz CT molecular complexity index is 628. The SMILES string of the molecule is CCCCOc1ccc(OC(=O)C(F)(F)F)cc1.Ic1ccccc1. The van der Waals surface area contributed by atoms with E-state index in [2.05, 4.69) is 39.5 Å². The van der Waals surface area contributed by atoms with Gasteiger partial charge in [-0.15, -0.1) is 0 Å². The van der Waals surface area contributed by atoms with Crippen molar-refractivity contribution in [2.24, 2.45) is 0 Å². The molecule has 0 spiro atoms. The summed E-state index contributed by atoms with van der Waals surface area (Å²) < 4.78 is 46.5. The zero-order valence-corrected chi connectivity index (χ0v) is 15.7. The van der Waals surface area contributed by atoms with Crippen molar-refractivity contribution < 1.29 is 27.4 Å². The number of ether oxygens (including phenoxy) is 2. The van der Waals surface area contributed by atoms with E-state index >= 15 is 0 Å². The van der Waals surface area contributed by atoms with E-state index in [1.54, 1.807) is 0 Å². The average Bonchev–Trinajstić information content (AvgIpc) is 2.57. The first-order valence-corrected chi connectivity index (χ1v) is 8.63. The monoisotopic (exact) mass is 466 g/mol. The second-order valence-corrected chi connectivity index (χ2v) is 6.10. The van der Waals surface area contributed by atoms with E-state index < -0.39 is 12.1 Å². The van der Waals surface area contributed by atoms with Gasteiger partial charge in [-0.25, -0.2) is 4.79 Å². The molecule has 0 radical (unpaired) electrons. The van der Waals surface area contributed by atoms with E-state index in [9.17, 15) is 18.0 Å². The molecule has 25 heavy (non-hydrogen) atoms. The van der Waals surface area contributed by atoms with Gasteiger partial charge < -0.3 is 9.47 Å². The third kappa shape index (κ3) is 9.33. The second-order valence-electron chi connectivity index (χ2n) is 4.86. The molecular weight excluding hydrogens is 448 g/mol. The van der Waals surface area contributed by atoms with Gasteiger partial charge in [-0.2, -0.15) is 13.2 Å². The molecule has 0 amide bonds. The summed E-state index contributed by atoms with van der Waals surface area (Å²) in [6.45, 7) is 2.56. The van der Waals surface area contributed by atoms with Crippen LogP contribution in [0.4, 0.5) is 13.2 Å². The van der Waals surface area contributed by atoms with Crippen LogP contribution < -0.4 is 9.47 Å². The number of rotatable bonds is 5. The van der Waals surface area contributed by atoms with Crippen LogP contribution >= 0.6 is 22.6 Å². The van der Waals surface area contributed by atoms with Gasteiger partial charge in [0.25, 0.3) is 0 Å². The van der Waals surface area contributed by atoms with E-state index in [-0.39, 0.29) is 5.75 Å². The van der Waals surface area contributed by atoms with Crippen molar-refractivity contribution in [2.45, 2.75) is 25.9 Å². The number of unbranched alkanes of at least 4 members (excludes halogenated alkanes) is 1. The highest BCUT2D eigenvalue weighted by Gasteiger charge is 2.41. The van der Waals surface area contributed by atoms with Crippen LogP contribution in [0.2, 0.25) is 0 Å². The number of alkyl halides is 3. The van der Waals surface area contributed by atoms with Crippen molar-refractivity contribution in [1.82, 2.24) is 0 Å². The van der Waals surface area contributed by atoms with Crippen molar-refractivity contribution in [3.05, 3.63) is 58.2 Å². The van der Waals surface area contributed by atoms with E-state index in [1.807, 2.05) is 25.1 Å². The molecule has 0 unspecified atom stereocenters. The van der Waals surface area contributed by atoms with Gasteiger partial charge >= 0.3 is 12.1 Å². The van der Waals surface area contributed by atoms with Gasteiger partial charge in [0, 0.05) is 3.57 Å². The summed E-state index contributed by atoms with van der Waals surface area (Å²) in [5.74, 6) is -1.88. The molecule has 0 N–H and O–H groups in total. The lowest BCUT2D eigenvalue weighted by Gasteiger charge is -2.08. The summed E-state index contributed by atoms with van der Waals surface area (Å²) in [5.41, 5.74) is 0. The number of halogens is 4.